The number of imidazole rings is 1. The molecule has 0 spiro atoms. The van der Waals surface area contributed by atoms with Crippen LogP contribution in [0.25, 0.3) is 11.0 Å². The Balaban J connectivity index is 2.74. The molecule has 0 N–H and O–H groups in total. The van der Waals surface area contributed by atoms with E-state index in [2.05, 4.69) is 4.98 Å². The van der Waals surface area contributed by atoms with E-state index < -0.39 is 17.9 Å². The smallest absolute Gasteiger partial charge is 0.323 e. The summed E-state index contributed by atoms with van der Waals surface area (Å²) in [5.41, 5.74) is 0.238. The summed E-state index contributed by atoms with van der Waals surface area (Å²) >= 11 is 0. The molecule has 0 atom stereocenters. The number of benzene rings is 1. The summed E-state index contributed by atoms with van der Waals surface area (Å²) in [6.07, 6.45) is -5.36. The first-order valence-electron chi connectivity index (χ1n) is 6.07. The molecule has 0 unspecified atom stereocenters. The molecule has 21 heavy (non-hydrogen) atoms. The molecule has 3 nitrogen and oxygen atoms in total. The second-order valence-electron chi connectivity index (χ2n) is 4.47. The van der Waals surface area contributed by atoms with Gasteiger partial charge in [-0.1, -0.05) is 6.92 Å². The van der Waals surface area contributed by atoms with E-state index in [1.165, 1.54) is 18.2 Å². The number of alkyl halides is 5. The molecule has 0 bridgehead atoms. The molecular weight excluding hydrogens is 293 g/mol. The highest BCUT2D eigenvalue weighted by Gasteiger charge is 2.61. The first-order chi connectivity index (χ1) is 9.72. The predicted molar refractivity (Wildman–Crippen MR) is 64.7 cm³/mol. The van der Waals surface area contributed by atoms with Crippen molar-refractivity contribution in [2.45, 2.75) is 32.0 Å². The fraction of sp³-hybridized carbons (Fsp3) is 0.385. The lowest BCUT2D eigenvalue weighted by molar-refractivity contribution is -0.293. The maximum absolute atomic E-state index is 13.6. The van der Waals surface area contributed by atoms with E-state index in [0.717, 1.165) is 4.57 Å². The minimum absolute atomic E-state index is 0.0244. The summed E-state index contributed by atoms with van der Waals surface area (Å²) in [5, 5.41) is 8.75. The number of nitriles is 1. The van der Waals surface area contributed by atoms with Crippen LogP contribution in [0.15, 0.2) is 18.2 Å². The van der Waals surface area contributed by atoms with Gasteiger partial charge in [-0.3, -0.25) is 0 Å². The predicted octanol–water partition coefficient (Wildman–Crippen LogP) is 3.97. The molecule has 0 aliphatic rings. The van der Waals surface area contributed by atoms with Crippen LogP contribution in [-0.2, 0) is 12.5 Å². The van der Waals surface area contributed by atoms with Crippen molar-refractivity contribution in [1.29, 1.82) is 5.26 Å². The van der Waals surface area contributed by atoms with Crippen molar-refractivity contribution >= 4 is 11.0 Å². The van der Waals surface area contributed by atoms with E-state index in [-0.39, 0.29) is 23.1 Å². The van der Waals surface area contributed by atoms with E-state index in [4.69, 9.17) is 5.26 Å². The van der Waals surface area contributed by atoms with E-state index in [0.29, 0.717) is 6.42 Å². The minimum atomic E-state index is -5.72. The Morgan fingerprint density at radius 3 is 2.43 bits per heavy atom. The van der Waals surface area contributed by atoms with Gasteiger partial charge in [0.25, 0.3) is 0 Å². The van der Waals surface area contributed by atoms with Crippen molar-refractivity contribution in [1.82, 2.24) is 9.55 Å². The standard InChI is InChI=1S/C13H10F5N3/c1-2-5-21-10-4-3-8(7-19)6-9(10)20-11(21)12(14,15)13(16,17)18/h3-4,6H,2,5H2,1H3. The van der Waals surface area contributed by atoms with Crippen LogP contribution in [0, 0.1) is 11.3 Å². The summed E-state index contributed by atoms with van der Waals surface area (Å²) in [4.78, 5) is 3.42. The molecule has 0 aliphatic heterocycles. The van der Waals surface area contributed by atoms with Crippen LogP contribution in [0.5, 0.6) is 0 Å². The number of aromatic nitrogens is 2. The summed E-state index contributed by atoms with van der Waals surface area (Å²) < 4.78 is 65.7. The summed E-state index contributed by atoms with van der Waals surface area (Å²) in [5.74, 6) is -6.39. The zero-order valence-corrected chi connectivity index (χ0v) is 10.9. The average Bonchev–Trinajstić information content (AvgIpc) is 2.76. The number of aryl methyl sites for hydroxylation is 1. The fourth-order valence-corrected chi connectivity index (χ4v) is 2.02. The van der Waals surface area contributed by atoms with Crippen LogP contribution in [0.3, 0.4) is 0 Å². The molecule has 0 radical (unpaired) electrons. The molecular formula is C13H10F5N3. The Bertz CT molecular complexity index is 709. The molecule has 0 saturated heterocycles. The third-order valence-electron chi connectivity index (χ3n) is 2.96. The largest absolute Gasteiger partial charge is 0.461 e. The van der Waals surface area contributed by atoms with Gasteiger partial charge in [0.2, 0.25) is 0 Å². The third kappa shape index (κ3) is 2.44. The number of nitrogens with zero attached hydrogens (tertiary/aromatic N) is 3. The molecule has 0 aliphatic carbocycles. The van der Waals surface area contributed by atoms with Crippen molar-refractivity contribution in [3.05, 3.63) is 29.6 Å². The Hall–Kier alpha value is -2.17. The average molecular weight is 303 g/mol. The lowest BCUT2D eigenvalue weighted by Crippen LogP contribution is -2.36. The minimum Gasteiger partial charge on any atom is -0.323 e. The molecule has 0 fully saturated rings. The monoisotopic (exact) mass is 303 g/mol. The quantitative estimate of drug-likeness (QED) is 0.805. The first-order valence-corrected chi connectivity index (χ1v) is 6.07. The Morgan fingerprint density at radius 1 is 1.24 bits per heavy atom. The fourth-order valence-electron chi connectivity index (χ4n) is 2.02. The van der Waals surface area contributed by atoms with Crippen molar-refractivity contribution in [2.75, 3.05) is 0 Å². The van der Waals surface area contributed by atoms with Crippen LogP contribution in [-0.4, -0.2) is 15.7 Å². The third-order valence-corrected chi connectivity index (χ3v) is 2.96. The van der Waals surface area contributed by atoms with Gasteiger partial charge < -0.3 is 4.57 Å². The van der Waals surface area contributed by atoms with Crippen molar-refractivity contribution in [2.24, 2.45) is 0 Å². The van der Waals surface area contributed by atoms with Gasteiger partial charge in [0.05, 0.1) is 22.7 Å². The molecule has 0 saturated carbocycles. The van der Waals surface area contributed by atoms with Crippen LogP contribution < -0.4 is 0 Å². The molecule has 8 heteroatoms. The van der Waals surface area contributed by atoms with Gasteiger partial charge >= 0.3 is 12.1 Å². The maximum Gasteiger partial charge on any atom is 0.461 e. The zero-order chi connectivity index (χ0) is 15.8. The van der Waals surface area contributed by atoms with Gasteiger partial charge in [0, 0.05) is 6.54 Å². The van der Waals surface area contributed by atoms with Gasteiger partial charge in [-0.15, -0.1) is 0 Å². The number of hydrogen-bond acceptors (Lipinski definition) is 2. The normalized spacial score (nSPS) is 12.6. The Morgan fingerprint density at radius 2 is 1.90 bits per heavy atom. The number of hydrogen-bond donors (Lipinski definition) is 0. The highest BCUT2D eigenvalue weighted by atomic mass is 19.4. The number of rotatable bonds is 3. The molecule has 1 aromatic carbocycles. The van der Waals surface area contributed by atoms with Crippen LogP contribution in [0.1, 0.15) is 24.7 Å². The summed E-state index contributed by atoms with van der Waals surface area (Å²) in [6, 6.07) is 5.66. The highest BCUT2D eigenvalue weighted by Crippen LogP contribution is 2.44. The Kier molecular flexibility index (Phi) is 3.61. The van der Waals surface area contributed by atoms with Crippen LogP contribution in [0.4, 0.5) is 22.0 Å². The second-order valence-corrected chi connectivity index (χ2v) is 4.47. The summed E-state index contributed by atoms with van der Waals surface area (Å²) in [7, 11) is 0. The molecule has 1 heterocycles. The highest BCUT2D eigenvalue weighted by molar-refractivity contribution is 5.78. The van der Waals surface area contributed by atoms with E-state index in [1.54, 1.807) is 13.0 Å². The lowest BCUT2D eigenvalue weighted by atomic mass is 10.2. The van der Waals surface area contributed by atoms with Crippen molar-refractivity contribution in [3.63, 3.8) is 0 Å². The second kappa shape index (κ2) is 4.98. The molecule has 112 valence electrons. The van der Waals surface area contributed by atoms with Crippen molar-refractivity contribution < 1.29 is 22.0 Å². The SMILES string of the molecule is CCCn1c(C(F)(F)C(F)(F)F)nc2cc(C#N)ccc21. The molecule has 2 rings (SSSR count). The van der Waals surface area contributed by atoms with E-state index >= 15 is 0 Å². The van der Waals surface area contributed by atoms with Crippen molar-refractivity contribution in [3.8, 4) is 6.07 Å². The number of fused-ring (bicyclic) bond motifs is 1. The first kappa shape index (κ1) is 15.2. The molecule has 0 amide bonds. The van der Waals surface area contributed by atoms with Crippen LogP contribution in [0.2, 0.25) is 0 Å². The van der Waals surface area contributed by atoms with Crippen LogP contribution >= 0.6 is 0 Å². The Labute approximate surface area is 116 Å². The van der Waals surface area contributed by atoms with Gasteiger partial charge in [-0.2, -0.15) is 27.2 Å². The zero-order valence-electron chi connectivity index (χ0n) is 10.9. The number of halogens is 5. The van der Waals surface area contributed by atoms with Gasteiger partial charge in [0.1, 0.15) is 0 Å². The van der Waals surface area contributed by atoms with Gasteiger partial charge in [-0.25, -0.2) is 4.98 Å². The summed E-state index contributed by atoms with van der Waals surface area (Å²) in [6.45, 7) is 1.63. The lowest BCUT2D eigenvalue weighted by Gasteiger charge is -2.20. The van der Waals surface area contributed by atoms with Gasteiger partial charge in [-0.05, 0) is 24.6 Å². The molecule has 1 aromatic heterocycles. The van der Waals surface area contributed by atoms with E-state index in [9.17, 15) is 22.0 Å². The maximum atomic E-state index is 13.6. The van der Waals surface area contributed by atoms with E-state index in [1.807, 2.05) is 0 Å². The topological polar surface area (TPSA) is 41.6 Å². The molecule has 2 aromatic rings. The van der Waals surface area contributed by atoms with Gasteiger partial charge in [0.15, 0.2) is 5.82 Å².